The van der Waals surface area contributed by atoms with Crippen LogP contribution in [0, 0.1) is 16.4 Å². The van der Waals surface area contributed by atoms with Gasteiger partial charge in [0.05, 0.1) is 11.1 Å². The van der Waals surface area contributed by atoms with Gasteiger partial charge in [-0.2, -0.15) is 0 Å². The molecule has 1 aromatic heterocycles. The number of hydrogen-bond donors (Lipinski definition) is 2. The summed E-state index contributed by atoms with van der Waals surface area (Å²) in [6.45, 7) is 0. The molecule has 0 saturated heterocycles. The second kappa shape index (κ2) is 11.1. The first-order valence-electron chi connectivity index (χ1n) is 15.0. The molecule has 5 nitrogen and oxygen atoms in total. The molecule has 2 N–H and O–H groups in total. The van der Waals surface area contributed by atoms with Crippen LogP contribution in [0.15, 0.2) is 66.9 Å². The molecule has 1 saturated carbocycles. The van der Waals surface area contributed by atoms with Crippen LogP contribution in [0.3, 0.4) is 0 Å². The van der Waals surface area contributed by atoms with E-state index in [1.54, 1.807) is 0 Å². The highest BCUT2D eigenvalue weighted by Crippen LogP contribution is 2.39. The zero-order chi connectivity index (χ0) is 29.7. The van der Waals surface area contributed by atoms with Gasteiger partial charge in [-0.25, -0.2) is 9.59 Å². The van der Waals surface area contributed by atoms with Crippen LogP contribution in [-0.2, 0) is 19.3 Å². The van der Waals surface area contributed by atoms with Crippen molar-refractivity contribution in [2.75, 3.05) is 0 Å². The van der Waals surface area contributed by atoms with Crippen molar-refractivity contribution in [3.05, 3.63) is 132 Å². The average Bonchev–Trinajstić information content (AvgIpc) is 3.85. The number of rotatable bonds is 8. The number of aryl methyl sites for hydroxylation is 1. The number of hydrogen-bond acceptors (Lipinski definition) is 3. The highest BCUT2D eigenvalue weighted by Gasteiger charge is 2.26. The predicted molar refractivity (Wildman–Crippen MR) is 167 cm³/mol. The Morgan fingerprint density at radius 2 is 1.63 bits per heavy atom. The van der Waals surface area contributed by atoms with E-state index in [0.29, 0.717) is 17.9 Å². The lowest BCUT2D eigenvalue weighted by Gasteiger charge is -2.26. The van der Waals surface area contributed by atoms with E-state index in [9.17, 15) is 19.8 Å². The molecule has 1 fully saturated rings. The van der Waals surface area contributed by atoms with E-state index in [2.05, 4.69) is 48.6 Å². The molecule has 3 aliphatic carbocycles. The topological polar surface area (TPSA) is 87.5 Å². The lowest BCUT2D eigenvalue weighted by molar-refractivity contribution is 0.0695. The molecule has 216 valence electrons. The number of carbonyl (C=O) groups is 2. The Morgan fingerprint density at radius 3 is 2.33 bits per heavy atom. The van der Waals surface area contributed by atoms with Gasteiger partial charge in [-0.1, -0.05) is 54.1 Å². The minimum absolute atomic E-state index is 0.0392. The van der Waals surface area contributed by atoms with Crippen LogP contribution >= 0.6 is 11.6 Å². The van der Waals surface area contributed by atoms with Gasteiger partial charge >= 0.3 is 11.9 Å². The standard InChI is InChI=1S/C37H32ClNO4/c38-27-11-14-28-26(19-27)18-25(7-4-21-6-15-34(39-20-21)23-8-9-23)35-29-12-5-22(16-24(29)10-13-30(28)35)17-33-31(36(40)41)2-1-3-32(33)37(42)43/h1-3,6,10-11,13-16,18-20,22-23,25H,4-5,7-9,12,17H2,(H,40,41)(H,42,43). The summed E-state index contributed by atoms with van der Waals surface area (Å²) in [6, 6.07) is 19.4. The van der Waals surface area contributed by atoms with Crippen LogP contribution < -0.4 is 10.4 Å². The molecule has 1 heterocycles. The fourth-order valence-electron chi connectivity index (χ4n) is 7.04. The van der Waals surface area contributed by atoms with Crippen molar-refractivity contribution in [3.63, 3.8) is 0 Å². The average molecular weight is 590 g/mol. The largest absolute Gasteiger partial charge is 0.478 e. The molecule has 2 unspecified atom stereocenters. The molecule has 3 aliphatic rings. The van der Waals surface area contributed by atoms with Gasteiger partial charge < -0.3 is 10.2 Å². The highest BCUT2D eigenvalue weighted by molar-refractivity contribution is 6.30. The molecular formula is C37H32ClNO4. The lowest BCUT2D eigenvalue weighted by atomic mass is 9.78. The van der Waals surface area contributed by atoms with Crippen molar-refractivity contribution < 1.29 is 19.8 Å². The number of aromatic carboxylic acids is 2. The van der Waals surface area contributed by atoms with E-state index < -0.39 is 11.9 Å². The monoisotopic (exact) mass is 589 g/mol. The summed E-state index contributed by atoms with van der Waals surface area (Å²) in [6.07, 6.45) is 13.1. The molecule has 0 radical (unpaired) electrons. The highest BCUT2D eigenvalue weighted by atomic mass is 35.5. The van der Waals surface area contributed by atoms with Crippen LogP contribution in [0.4, 0.5) is 0 Å². The number of halogens is 1. The summed E-state index contributed by atoms with van der Waals surface area (Å²) < 4.78 is 0. The molecule has 0 spiro atoms. The maximum atomic E-state index is 11.9. The number of nitrogens with zero attached hydrogens (tertiary/aromatic N) is 1. The molecule has 0 aliphatic heterocycles. The number of fused-ring (bicyclic) bond motifs is 4. The first-order valence-corrected chi connectivity index (χ1v) is 15.4. The number of pyridine rings is 1. The van der Waals surface area contributed by atoms with Crippen molar-refractivity contribution in [2.45, 2.75) is 56.8 Å². The van der Waals surface area contributed by atoms with Gasteiger partial charge in [0, 0.05) is 28.7 Å². The molecule has 2 atom stereocenters. The summed E-state index contributed by atoms with van der Waals surface area (Å²) in [7, 11) is 0. The Hall–Kier alpha value is -4.22. The van der Waals surface area contributed by atoms with Gasteiger partial charge in [0.25, 0.3) is 0 Å². The third kappa shape index (κ3) is 5.38. The summed E-state index contributed by atoms with van der Waals surface area (Å²) in [5.41, 5.74) is 5.68. The van der Waals surface area contributed by atoms with Gasteiger partial charge in [-0.15, -0.1) is 0 Å². The van der Waals surface area contributed by atoms with E-state index >= 15 is 0 Å². The van der Waals surface area contributed by atoms with Crippen molar-refractivity contribution >= 4 is 35.7 Å². The molecule has 43 heavy (non-hydrogen) atoms. The van der Waals surface area contributed by atoms with Gasteiger partial charge in [-0.3, -0.25) is 4.98 Å². The molecular weight excluding hydrogens is 558 g/mol. The molecule has 7 rings (SSSR count). The molecule has 3 aromatic carbocycles. The van der Waals surface area contributed by atoms with E-state index in [4.69, 9.17) is 16.6 Å². The quantitative estimate of drug-likeness (QED) is 0.249. The zero-order valence-electron chi connectivity index (χ0n) is 23.7. The van der Waals surface area contributed by atoms with Crippen molar-refractivity contribution in [3.8, 4) is 0 Å². The first kappa shape index (κ1) is 27.6. The molecule has 0 amide bonds. The Balaban J connectivity index is 1.27. The SMILES string of the molecule is O=C(O)c1cccc(C(=O)O)c1CC1C=c2ccc3c(c2CC1)C(CCc1ccc(C2CC2)nc1)C=c1cc(Cl)ccc1=3. The predicted octanol–water partition coefficient (Wildman–Crippen LogP) is 6.39. The molecule has 0 bridgehead atoms. The Kier molecular flexibility index (Phi) is 7.14. The Labute approximate surface area is 254 Å². The smallest absolute Gasteiger partial charge is 0.335 e. The minimum Gasteiger partial charge on any atom is -0.478 e. The van der Waals surface area contributed by atoms with Crippen molar-refractivity contribution in [2.24, 2.45) is 5.92 Å². The third-order valence-electron chi connectivity index (χ3n) is 9.32. The Morgan fingerprint density at radius 1 is 0.860 bits per heavy atom. The summed E-state index contributed by atoms with van der Waals surface area (Å²) in [4.78, 5) is 28.6. The fraction of sp³-hybridized carbons (Fsp3) is 0.270. The molecule has 4 aromatic rings. The third-order valence-corrected chi connectivity index (χ3v) is 9.55. The second-order valence-corrected chi connectivity index (χ2v) is 12.6. The van der Waals surface area contributed by atoms with Gasteiger partial charge in [0.1, 0.15) is 0 Å². The number of benzene rings is 3. The van der Waals surface area contributed by atoms with Crippen LogP contribution in [0.1, 0.15) is 86.2 Å². The maximum absolute atomic E-state index is 11.9. The minimum atomic E-state index is -1.10. The summed E-state index contributed by atoms with van der Waals surface area (Å²) in [5.74, 6) is -1.29. The second-order valence-electron chi connectivity index (χ2n) is 12.1. The van der Waals surface area contributed by atoms with E-state index in [1.165, 1.54) is 63.9 Å². The van der Waals surface area contributed by atoms with E-state index in [-0.39, 0.29) is 23.0 Å². The van der Waals surface area contributed by atoms with Crippen LogP contribution in [0.2, 0.25) is 5.02 Å². The Bertz CT molecular complexity index is 1960. The van der Waals surface area contributed by atoms with Gasteiger partial charge in [0.15, 0.2) is 0 Å². The maximum Gasteiger partial charge on any atom is 0.335 e. The zero-order valence-corrected chi connectivity index (χ0v) is 24.5. The number of carboxylic acids is 2. The van der Waals surface area contributed by atoms with E-state index in [1.807, 2.05) is 12.3 Å². The number of aromatic nitrogens is 1. The summed E-state index contributed by atoms with van der Waals surface area (Å²) >= 11 is 6.42. The lowest BCUT2D eigenvalue weighted by Crippen LogP contribution is -2.26. The summed E-state index contributed by atoms with van der Waals surface area (Å²) in [5, 5.41) is 25.0. The molecule has 6 heteroatoms. The number of carboxylic acid groups (broad SMARTS) is 2. The van der Waals surface area contributed by atoms with E-state index in [0.717, 1.165) is 41.1 Å². The van der Waals surface area contributed by atoms with Crippen molar-refractivity contribution in [1.82, 2.24) is 4.98 Å². The first-order chi connectivity index (χ1) is 20.9. The van der Waals surface area contributed by atoms with Crippen LogP contribution in [-0.4, -0.2) is 27.1 Å². The van der Waals surface area contributed by atoms with Crippen molar-refractivity contribution in [1.29, 1.82) is 0 Å². The fourth-order valence-corrected chi connectivity index (χ4v) is 7.22. The van der Waals surface area contributed by atoms with Crippen LogP contribution in [0.25, 0.3) is 12.2 Å². The van der Waals surface area contributed by atoms with Crippen LogP contribution in [0.5, 0.6) is 0 Å². The normalized spacial score (nSPS) is 18.4. The van der Waals surface area contributed by atoms with Gasteiger partial charge in [-0.05, 0) is 124 Å². The van der Waals surface area contributed by atoms with Gasteiger partial charge in [0.2, 0.25) is 0 Å².